The van der Waals surface area contributed by atoms with Crippen LogP contribution in [0.3, 0.4) is 0 Å². The van der Waals surface area contributed by atoms with Crippen molar-refractivity contribution in [3.8, 4) is 0 Å². The summed E-state index contributed by atoms with van der Waals surface area (Å²) in [5.74, 6) is 0. The van der Waals surface area contributed by atoms with Crippen molar-refractivity contribution in [2.45, 2.75) is 25.7 Å². The summed E-state index contributed by atoms with van der Waals surface area (Å²) < 4.78 is 0. The van der Waals surface area contributed by atoms with Crippen LogP contribution in [0.5, 0.6) is 0 Å². The molecule has 0 aromatic heterocycles. The molecule has 0 N–H and O–H groups in total. The third kappa shape index (κ3) is 4.33. The zero-order valence-electron chi connectivity index (χ0n) is 8.95. The van der Waals surface area contributed by atoms with E-state index < -0.39 is 0 Å². The second-order valence-corrected chi connectivity index (χ2v) is 4.76. The van der Waals surface area contributed by atoms with Crippen molar-refractivity contribution < 1.29 is 0 Å². The van der Waals surface area contributed by atoms with Gasteiger partial charge < -0.3 is 0 Å². The summed E-state index contributed by atoms with van der Waals surface area (Å²) in [7, 11) is 0. The van der Waals surface area contributed by atoms with Gasteiger partial charge in [-0.2, -0.15) is 0 Å². The van der Waals surface area contributed by atoms with E-state index in [1.807, 2.05) is 6.07 Å². The van der Waals surface area contributed by atoms with Crippen molar-refractivity contribution in [1.82, 2.24) is 0 Å². The molecule has 1 rings (SSSR count). The Morgan fingerprint density at radius 1 is 1.00 bits per heavy atom. The Balaban J connectivity index is 2.62. The molecular weight excluding hydrogens is 188 g/mol. The van der Waals surface area contributed by atoms with Crippen LogP contribution in [-0.4, -0.2) is 0 Å². The van der Waals surface area contributed by atoms with E-state index in [9.17, 15) is 0 Å². The molecule has 0 nitrogen and oxygen atoms in total. The summed E-state index contributed by atoms with van der Waals surface area (Å²) in [6.45, 7) is 6.35. The highest BCUT2D eigenvalue weighted by Gasteiger charge is 1.92. The van der Waals surface area contributed by atoms with E-state index in [1.54, 1.807) is 11.8 Å². The Labute approximate surface area is 90.7 Å². The summed E-state index contributed by atoms with van der Waals surface area (Å²) in [5.41, 5.74) is 1.33. The van der Waals surface area contributed by atoms with Crippen LogP contribution in [0.15, 0.2) is 57.9 Å². The SMILES string of the molecule is CC(C)=C/C=C(\C)Sc1ccccc1. The van der Waals surface area contributed by atoms with Crippen LogP contribution in [0.2, 0.25) is 0 Å². The molecule has 0 radical (unpaired) electrons. The van der Waals surface area contributed by atoms with Crippen molar-refractivity contribution in [1.29, 1.82) is 0 Å². The predicted molar refractivity (Wildman–Crippen MR) is 65.5 cm³/mol. The second kappa shape index (κ2) is 5.71. The molecule has 0 atom stereocenters. The highest BCUT2D eigenvalue weighted by atomic mass is 32.2. The van der Waals surface area contributed by atoms with Gasteiger partial charge in [-0.3, -0.25) is 0 Å². The van der Waals surface area contributed by atoms with Gasteiger partial charge >= 0.3 is 0 Å². The van der Waals surface area contributed by atoms with Crippen LogP contribution in [0.25, 0.3) is 0 Å². The summed E-state index contributed by atoms with van der Waals surface area (Å²) in [6.07, 6.45) is 4.30. The van der Waals surface area contributed by atoms with E-state index in [0.29, 0.717) is 0 Å². The lowest BCUT2D eigenvalue weighted by Gasteiger charge is -1.99. The molecule has 0 aliphatic heterocycles. The maximum absolute atomic E-state index is 2.16. The largest absolute Gasteiger partial charge is 0.0949 e. The Kier molecular flexibility index (Phi) is 4.54. The van der Waals surface area contributed by atoms with Crippen molar-refractivity contribution >= 4 is 11.8 Å². The molecule has 1 heteroatoms. The Hall–Kier alpha value is -0.950. The highest BCUT2D eigenvalue weighted by Crippen LogP contribution is 2.25. The molecule has 0 aliphatic rings. The topological polar surface area (TPSA) is 0 Å². The lowest BCUT2D eigenvalue weighted by atomic mass is 10.3. The molecule has 1 aromatic carbocycles. The van der Waals surface area contributed by atoms with E-state index in [-0.39, 0.29) is 0 Å². The first kappa shape index (κ1) is 11.1. The zero-order valence-corrected chi connectivity index (χ0v) is 9.77. The van der Waals surface area contributed by atoms with Gasteiger partial charge in [-0.05, 0) is 37.8 Å². The fraction of sp³-hybridized carbons (Fsp3) is 0.231. The van der Waals surface area contributed by atoms with Crippen LogP contribution >= 0.6 is 11.8 Å². The molecule has 0 aliphatic carbocycles. The summed E-state index contributed by atoms with van der Waals surface area (Å²) in [5, 5.41) is 0. The molecule has 0 saturated carbocycles. The van der Waals surface area contributed by atoms with E-state index in [0.717, 1.165) is 0 Å². The van der Waals surface area contributed by atoms with Gasteiger partial charge in [0.15, 0.2) is 0 Å². The second-order valence-electron chi connectivity index (χ2n) is 3.44. The standard InChI is InChI=1S/C13H16S/c1-11(2)9-10-12(3)14-13-7-5-4-6-8-13/h4-10H,1-3H3/b12-10+. The average molecular weight is 204 g/mol. The van der Waals surface area contributed by atoms with Gasteiger partial charge in [0, 0.05) is 4.90 Å². The summed E-state index contributed by atoms with van der Waals surface area (Å²) in [6, 6.07) is 10.4. The van der Waals surface area contributed by atoms with E-state index in [2.05, 4.69) is 57.2 Å². The van der Waals surface area contributed by atoms with E-state index in [4.69, 9.17) is 0 Å². The summed E-state index contributed by atoms with van der Waals surface area (Å²) in [4.78, 5) is 2.61. The van der Waals surface area contributed by atoms with E-state index >= 15 is 0 Å². The first-order valence-corrected chi connectivity index (χ1v) is 5.55. The first-order valence-electron chi connectivity index (χ1n) is 4.73. The van der Waals surface area contributed by atoms with E-state index in [1.165, 1.54) is 15.4 Å². The molecular formula is C13H16S. The van der Waals surface area contributed by atoms with Crippen molar-refractivity contribution in [3.63, 3.8) is 0 Å². The minimum absolute atomic E-state index is 1.29. The number of hydrogen-bond donors (Lipinski definition) is 0. The number of rotatable bonds is 3. The van der Waals surface area contributed by atoms with Gasteiger partial charge in [-0.25, -0.2) is 0 Å². The smallest absolute Gasteiger partial charge is 0.0118 e. The fourth-order valence-electron chi connectivity index (χ4n) is 0.992. The molecule has 0 saturated heterocycles. The molecule has 0 bridgehead atoms. The van der Waals surface area contributed by atoms with Gasteiger partial charge in [-0.15, -0.1) is 0 Å². The van der Waals surface area contributed by atoms with Crippen molar-refractivity contribution in [2.24, 2.45) is 0 Å². The minimum atomic E-state index is 1.29. The lowest BCUT2D eigenvalue weighted by molar-refractivity contribution is 1.39. The molecule has 14 heavy (non-hydrogen) atoms. The minimum Gasteiger partial charge on any atom is -0.0949 e. The zero-order chi connectivity index (χ0) is 10.4. The molecule has 0 fully saturated rings. The van der Waals surface area contributed by atoms with Crippen molar-refractivity contribution in [3.05, 3.63) is 53.0 Å². The van der Waals surface area contributed by atoms with Gasteiger partial charge in [-0.1, -0.05) is 47.7 Å². The van der Waals surface area contributed by atoms with Crippen LogP contribution in [0.4, 0.5) is 0 Å². The van der Waals surface area contributed by atoms with Gasteiger partial charge in [0.2, 0.25) is 0 Å². The number of thioether (sulfide) groups is 1. The number of allylic oxidation sites excluding steroid dienone is 4. The van der Waals surface area contributed by atoms with Gasteiger partial charge in [0.25, 0.3) is 0 Å². The normalized spacial score (nSPS) is 11.2. The molecule has 0 heterocycles. The Bertz CT molecular complexity index is 330. The number of benzene rings is 1. The molecule has 74 valence electrons. The van der Waals surface area contributed by atoms with Crippen LogP contribution in [0.1, 0.15) is 20.8 Å². The maximum Gasteiger partial charge on any atom is 0.0118 e. The van der Waals surface area contributed by atoms with Gasteiger partial charge in [0.1, 0.15) is 0 Å². The van der Waals surface area contributed by atoms with Crippen molar-refractivity contribution in [2.75, 3.05) is 0 Å². The maximum atomic E-state index is 2.16. The third-order valence-electron chi connectivity index (χ3n) is 1.67. The Morgan fingerprint density at radius 2 is 1.64 bits per heavy atom. The number of hydrogen-bond acceptors (Lipinski definition) is 1. The third-order valence-corrected chi connectivity index (χ3v) is 2.64. The summed E-state index contributed by atoms with van der Waals surface area (Å²) >= 11 is 1.80. The quantitative estimate of drug-likeness (QED) is 0.510. The monoisotopic (exact) mass is 204 g/mol. The molecule has 0 amide bonds. The van der Waals surface area contributed by atoms with Gasteiger partial charge in [0.05, 0.1) is 0 Å². The molecule has 1 aromatic rings. The fourth-order valence-corrected chi connectivity index (χ4v) is 1.79. The van der Waals surface area contributed by atoms with Crippen LogP contribution < -0.4 is 0 Å². The molecule has 0 unspecified atom stereocenters. The molecule has 0 spiro atoms. The average Bonchev–Trinajstić information content (AvgIpc) is 2.16. The van der Waals surface area contributed by atoms with Crippen LogP contribution in [0, 0.1) is 0 Å². The van der Waals surface area contributed by atoms with Crippen LogP contribution in [-0.2, 0) is 0 Å². The Morgan fingerprint density at radius 3 is 2.21 bits per heavy atom. The first-order chi connectivity index (χ1) is 6.68. The highest BCUT2D eigenvalue weighted by molar-refractivity contribution is 8.03. The predicted octanol–water partition coefficient (Wildman–Crippen LogP) is 4.65. The lowest BCUT2D eigenvalue weighted by Crippen LogP contribution is -1.71.